The van der Waals surface area contributed by atoms with E-state index >= 15 is 0 Å². The third kappa shape index (κ3) is 3.47. The highest BCUT2D eigenvalue weighted by Crippen LogP contribution is 2.32. The van der Waals surface area contributed by atoms with Crippen molar-refractivity contribution in [2.45, 2.75) is 26.7 Å². The van der Waals surface area contributed by atoms with E-state index in [4.69, 9.17) is 5.73 Å². The number of aromatic nitrogens is 2. The highest BCUT2D eigenvalue weighted by atomic mass is 15.2. The molecule has 0 saturated carbocycles. The fourth-order valence-electron chi connectivity index (χ4n) is 2.46. The molecule has 0 atom stereocenters. The molecule has 0 bridgehead atoms. The van der Waals surface area contributed by atoms with Crippen LogP contribution in [0.2, 0.25) is 0 Å². The first-order chi connectivity index (χ1) is 10.7. The van der Waals surface area contributed by atoms with E-state index in [1.807, 2.05) is 25.2 Å². The van der Waals surface area contributed by atoms with Crippen LogP contribution in [0.25, 0.3) is 0 Å². The molecule has 1 heterocycles. The van der Waals surface area contributed by atoms with Gasteiger partial charge in [0.05, 0.1) is 0 Å². The lowest BCUT2D eigenvalue weighted by Gasteiger charge is -2.26. The standard InChI is InChI=1S/C17H25N5/c1-4-6-12-21(3)16-15(18)17(20-13-19-16)22(5-2)14-10-8-7-9-11-14/h7-11,13H,4-6,12,18H2,1-3H3. The summed E-state index contributed by atoms with van der Waals surface area (Å²) in [6, 6.07) is 10.2. The Morgan fingerprint density at radius 2 is 1.73 bits per heavy atom. The van der Waals surface area contributed by atoms with Crippen molar-refractivity contribution >= 4 is 23.0 Å². The normalized spacial score (nSPS) is 10.5. The van der Waals surface area contributed by atoms with Crippen molar-refractivity contribution in [3.8, 4) is 0 Å². The lowest BCUT2D eigenvalue weighted by Crippen LogP contribution is -2.24. The van der Waals surface area contributed by atoms with Gasteiger partial charge < -0.3 is 15.5 Å². The highest BCUT2D eigenvalue weighted by molar-refractivity contribution is 5.79. The maximum Gasteiger partial charge on any atom is 0.161 e. The molecular formula is C17H25N5. The SMILES string of the molecule is CCCCN(C)c1ncnc(N(CC)c2ccccc2)c1N. The molecule has 0 aliphatic rings. The number of hydrogen-bond donors (Lipinski definition) is 1. The zero-order valence-corrected chi connectivity index (χ0v) is 13.7. The molecular weight excluding hydrogens is 274 g/mol. The van der Waals surface area contributed by atoms with Gasteiger partial charge >= 0.3 is 0 Å². The number of benzene rings is 1. The molecule has 0 saturated heterocycles. The molecule has 2 aromatic rings. The molecule has 0 spiro atoms. The Balaban J connectivity index is 2.35. The van der Waals surface area contributed by atoms with Crippen LogP contribution in [0.1, 0.15) is 26.7 Å². The Morgan fingerprint density at radius 1 is 1.05 bits per heavy atom. The molecule has 1 aromatic carbocycles. The fraction of sp³-hybridized carbons (Fsp3) is 0.412. The quantitative estimate of drug-likeness (QED) is 0.848. The van der Waals surface area contributed by atoms with Gasteiger partial charge in [-0.25, -0.2) is 9.97 Å². The summed E-state index contributed by atoms with van der Waals surface area (Å²) < 4.78 is 0. The smallest absolute Gasteiger partial charge is 0.161 e. The molecule has 22 heavy (non-hydrogen) atoms. The molecule has 118 valence electrons. The predicted octanol–water partition coefficient (Wildman–Crippen LogP) is 3.45. The van der Waals surface area contributed by atoms with Crippen LogP contribution in [-0.4, -0.2) is 30.1 Å². The molecule has 0 aliphatic carbocycles. The van der Waals surface area contributed by atoms with E-state index in [-0.39, 0.29) is 0 Å². The van der Waals surface area contributed by atoms with Crippen LogP contribution >= 0.6 is 0 Å². The van der Waals surface area contributed by atoms with E-state index in [2.05, 4.69) is 45.7 Å². The van der Waals surface area contributed by atoms with Crippen molar-refractivity contribution in [3.63, 3.8) is 0 Å². The van der Waals surface area contributed by atoms with Gasteiger partial charge in [0.1, 0.15) is 12.0 Å². The van der Waals surface area contributed by atoms with E-state index in [1.165, 1.54) is 0 Å². The second-order valence-electron chi connectivity index (χ2n) is 5.29. The number of nitrogens with two attached hydrogens (primary N) is 1. The Labute approximate surface area is 132 Å². The molecule has 0 fully saturated rings. The van der Waals surface area contributed by atoms with Crippen LogP contribution in [0.3, 0.4) is 0 Å². The monoisotopic (exact) mass is 299 g/mol. The fourth-order valence-corrected chi connectivity index (χ4v) is 2.46. The first kappa shape index (κ1) is 16.1. The van der Waals surface area contributed by atoms with Gasteiger partial charge in [-0.05, 0) is 25.5 Å². The summed E-state index contributed by atoms with van der Waals surface area (Å²) in [5.74, 6) is 1.56. The highest BCUT2D eigenvalue weighted by Gasteiger charge is 2.17. The third-order valence-electron chi connectivity index (χ3n) is 3.69. The minimum Gasteiger partial charge on any atom is -0.393 e. The van der Waals surface area contributed by atoms with E-state index in [0.29, 0.717) is 5.69 Å². The van der Waals surface area contributed by atoms with Crippen LogP contribution in [0, 0.1) is 0 Å². The topological polar surface area (TPSA) is 58.3 Å². The van der Waals surface area contributed by atoms with Crippen molar-refractivity contribution in [3.05, 3.63) is 36.7 Å². The van der Waals surface area contributed by atoms with Gasteiger partial charge in [-0.15, -0.1) is 0 Å². The molecule has 0 radical (unpaired) electrons. The summed E-state index contributed by atoms with van der Waals surface area (Å²) in [6.07, 6.45) is 3.85. The maximum absolute atomic E-state index is 6.36. The molecule has 5 nitrogen and oxygen atoms in total. The van der Waals surface area contributed by atoms with Gasteiger partial charge in [-0.2, -0.15) is 0 Å². The number of hydrogen-bond acceptors (Lipinski definition) is 5. The second kappa shape index (κ2) is 7.64. The minimum absolute atomic E-state index is 0.631. The Morgan fingerprint density at radius 3 is 2.36 bits per heavy atom. The van der Waals surface area contributed by atoms with Gasteiger partial charge in [0.25, 0.3) is 0 Å². The maximum atomic E-state index is 6.36. The Bertz CT molecular complexity index is 585. The number of unbranched alkanes of at least 4 members (excludes halogenated alkanes) is 1. The second-order valence-corrected chi connectivity index (χ2v) is 5.29. The molecule has 2 rings (SSSR count). The number of nitrogen functional groups attached to an aromatic ring is 1. The number of nitrogens with zero attached hydrogens (tertiary/aromatic N) is 4. The van der Waals surface area contributed by atoms with E-state index in [1.54, 1.807) is 6.33 Å². The average Bonchev–Trinajstić information content (AvgIpc) is 2.56. The zero-order chi connectivity index (χ0) is 15.9. The van der Waals surface area contributed by atoms with Crippen LogP contribution in [0.15, 0.2) is 36.7 Å². The lowest BCUT2D eigenvalue weighted by molar-refractivity contribution is 0.758. The summed E-state index contributed by atoms with van der Waals surface area (Å²) in [6.45, 7) is 6.00. The average molecular weight is 299 g/mol. The summed E-state index contributed by atoms with van der Waals surface area (Å²) >= 11 is 0. The Kier molecular flexibility index (Phi) is 5.58. The molecule has 0 unspecified atom stereocenters. The molecule has 1 aromatic heterocycles. The predicted molar refractivity (Wildman–Crippen MR) is 93.7 cm³/mol. The zero-order valence-electron chi connectivity index (χ0n) is 13.7. The van der Waals surface area contributed by atoms with Crippen molar-refractivity contribution in [2.24, 2.45) is 0 Å². The van der Waals surface area contributed by atoms with E-state index < -0.39 is 0 Å². The number of anilines is 4. The van der Waals surface area contributed by atoms with Crippen LogP contribution < -0.4 is 15.5 Å². The van der Waals surface area contributed by atoms with E-state index in [0.717, 1.165) is 43.3 Å². The summed E-state index contributed by atoms with van der Waals surface area (Å²) in [5, 5.41) is 0. The van der Waals surface area contributed by atoms with Crippen molar-refractivity contribution in [2.75, 3.05) is 35.7 Å². The van der Waals surface area contributed by atoms with E-state index in [9.17, 15) is 0 Å². The third-order valence-corrected chi connectivity index (χ3v) is 3.69. The summed E-state index contributed by atoms with van der Waals surface area (Å²) in [5.41, 5.74) is 8.07. The first-order valence-corrected chi connectivity index (χ1v) is 7.83. The molecule has 2 N–H and O–H groups in total. The molecule has 5 heteroatoms. The largest absolute Gasteiger partial charge is 0.393 e. The van der Waals surface area contributed by atoms with Crippen molar-refractivity contribution in [1.29, 1.82) is 0 Å². The van der Waals surface area contributed by atoms with Crippen LogP contribution in [0.4, 0.5) is 23.0 Å². The van der Waals surface area contributed by atoms with Gasteiger partial charge in [0.15, 0.2) is 11.6 Å². The van der Waals surface area contributed by atoms with Crippen molar-refractivity contribution in [1.82, 2.24) is 9.97 Å². The van der Waals surface area contributed by atoms with Gasteiger partial charge in [-0.3, -0.25) is 0 Å². The molecule has 0 aliphatic heterocycles. The summed E-state index contributed by atoms with van der Waals surface area (Å²) in [4.78, 5) is 13.0. The van der Waals surface area contributed by atoms with Gasteiger partial charge in [0.2, 0.25) is 0 Å². The first-order valence-electron chi connectivity index (χ1n) is 7.83. The summed E-state index contributed by atoms with van der Waals surface area (Å²) in [7, 11) is 2.02. The van der Waals surface area contributed by atoms with Gasteiger partial charge in [-0.1, -0.05) is 31.5 Å². The lowest BCUT2D eigenvalue weighted by atomic mass is 10.2. The Hall–Kier alpha value is -2.30. The molecule has 0 amide bonds. The van der Waals surface area contributed by atoms with Crippen molar-refractivity contribution < 1.29 is 0 Å². The number of para-hydroxylation sites is 1. The minimum atomic E-state index is 0.631. The number of rotatable bonds is 7. The van der Waals surface area contributed by atoms with Gasteiger partial charge in [0, 0.05) is 25.8 Å². The van der Waals surface area contributed by atoms with Crippen LogP contribution in [-0.2, 0) is 0 Å². The van der Waals surface area contributed by atoms with Crippen LogP contribution in [0.5, 0.6) is 0 Å².